The number of fused-ring (bicyclic) bond motifs is 5. The molecule has 5 rings (SSSR count). The number of carbonyl (C=O) groups is 4. The van der Waals surface area contributed by atoms with E-state index in [1.54, 1.807) is 24.3 Å². The van der Waals surface area contributed by atoms with E-state index in [0.717, 1.165) is 20.9 Å². The average Bonchev–Trinajstić information content (AvgIpc) is 3.44. The van der Waals surface area contributed by atoms with Gasteiger partial charge < -0.3 is 0 Å². The molecule has 0 unspecified atom stereocenters. The third-order valence-electron chi connectivity index (χ3n) is 7.07. The van der Waals surface area contributed by atoms with Gasteiger partial charge in [0, 0.05) is 25.3 Å². The lowest BCUT2D eigenvalue weighted by molar-refractivity contribution is -0.154. The predicted molar refractivity (Wildman–Crippen MR) is 142 cm³/mol. The van der Waals surface area contributed by atoms with Crippen LogP contribution in [0.5, 0.6) is 0 Å². The minimum Gasteiger partial charge on any atom is -0.292 e. The van der Waals surface area contributed by atoms with Gasteiger partial charge in [-0.15, -0.1) is 0 Å². The molecule has 2 aromatic carbocycles. The minimum absolute atomic E-state index is 0.0278. The van der Waals surface area contributed by atoms with Gasteiger partial charge in [0.25, 0.3) is 17.7 Å². The van der Waals surface area contributed by atoms with Gasteiger partial charge in [0.1, 0.15) is 6.54 Å². The van der Waals surface area contributed by atoms with Crippen LogP contribution in [0.4, 0.5) is 0 Å². The number of amides is 3. The van der Waals surface area contributed by atoms with Crippen molar-refractivity contribution < 1.29 is 19.2 Å². The highest BCUT2D eigenvalue weighted by molar-refractivity contribution is 9.12. The fourth-order valence-corrected chi connectivity index (χ4v) is 7.88. The summed E-state index contributed by atoms with van der Waals surface area (Å²) in [7, 11) is 0. The zero-order chi connectivity index (χ0) is 25.2. The van der Waals surface area contributed by atoms with E-state index < -0.39 is 41.9 Å². The van der Waals surface area contributed by atoms with Crippen molar-refractivity contribution in [3.63, 3.8) is 0 Å². The van der Waals surface area contributed by atoms with Gasteiger partial charge in [0.15, 0.2) is 5.78 Å². The van der Waals surface area contributed by atoms with Gasteiger partial charge >= 0.3 is 0 Å². The van der Waals surface area contributed by atoms with Gasteiger partial charge in [-0.05, 0) is 48.6 Å². The summed E-state index contributed by atoms with van der Waals surface area (Å²) >= 11 is 22.8. The summed E-state index contributed by atoms with van der Waals surface area (Å²) in [5.74, 6) is -3.12. The van der Waals surface area contributed by atoms with Crippen LogP contribution in [-0.4, -0.2) is 49.7 Å². The lowest BCUT2D eigenvalue weighted by Crippen LogP contribution is -2.52. The highest BCUT2D eigenvalue weighted by Gasteiger charge is 2.67. The van der Waals surface area contributed by atoms with E-state index in [9.17, 15) is 19.2 Å². The Kier molecular flexibility index (Phi) is 6.94. The molecule has 0 N–H and O–H groups in total. The molecule has 6 atom stereocenters. The molecule has 0 radical (unpaired) electrons. The van der Waals surface area contributed by atoms with Crippen LogP contribution in [0.15, 0.2) is 46.9 Å². The first-order valence-corrected chi connectivity index (χ1v) is 14.2. The quantitative estimate of drug-likeness (QED) is 0.225. The number of Topliss-reactive ketones (excluding diaryl/α,β-unsaturated/α-hetero) is 1. The third-order valence-corrected chi connectivity index (χ3v) is 11.5. The summed E-state index contributed by atoms with van der Waals surface area (Å²) in [5.41, 5.74) is 0.459. The second kappa shape index (κ2) is 9.56. The van der Waals surface area contributed by atoms with Crippen LogP contribution in [0.3, 0.4) is 0 Å². The zero-order valence-corrected chi connectivity index (χ0v) is 24.1. The Morgan fingerprint density at radius 2 is 1.43 bits per heavy atom. The number of benzene rings is 2. The Balaban J connectivity index is 1.52. The van der Waals surface area contributed by atoms with E-state index in [4.69, 9.17) is 23.2 Å². The molecule has 2 bridgehead atoms. The normalized spacial score (nSPS) is 29.0. The van der Waals surface area contributed by atoms with Crippen molar-refractivity contribution >= 4 is 94.5 Å². The summed E-state index contributed by atoms with van der Waals surface area (Å²) in [6.45, 7) is -0.484. The molecule has 3 fully saturated rings. The van der Waals surface area contributed by atoms with Crippen molar-refractivity contribution in [2.45, 2.75) is 16.1 Å². The summed E-state index contributed by atoms with van der Waals surface area (Å²) in [6.07, 6.45) is 0.755. The number of halogens is 5. The average molecular weight is 708 g/mol. The molecule has 3 amide bonds. The first-order chi connectivity index (χ1) is 16.6. The number of hydrogen-bond acceptors (Lipinski definition) is 4. The number of ketones is 1. The molecule has 0 aromatic heterocycles. The van der Waals surface area contributed by atoms with E-state index >= 15 is 0 Å². The summed E-state index contributed by atoms with van der Waals surface area (Å²) < 4.78 is 0.791. The molecule has 1 aliphatic heterocycles. The van der Waals surface area contributed by atoms with Crippen molar-refractivity contribution in [2.75, 3.05) is 6.54 Å². The second-order valence-corrected chi connectivity index (χ2v) is 12.8. The first kappa shape index (κ1) is 25.4. The maximum atomic E-state index is 13.6. The fraction of sp³-hybridized carbons (Fsp3) is 0.333. The summed E-state index contributed by atoms with van der Waals surface area (Å²) in [6, 6.07) is 10.9. The second-order valence-electron chi connectivity index (χ2n) is 8.91. The van der Waals surface area contributed by atoms with Gasteiger partial charge in [0.05, 0.1) is 21.9 Å². The van der Waals surface area contributed by atoms with Crippen molar-refractivity contribution in [2.24, 2.45) is 23.7 Å². The zero-order valence-electron chi connectivity index (χ0n) is 17.8. The van der Waals surface area contributed by atoms with Gasteiger partial charge in [-0.3, -0.25) is 19.2 Å². The molecule has 2 aliphatic carbocycles. The Morgan fingerprint density at radius 3 is 1.97 bits per heavy atom. The number of nitrogens with zero attached hydrogens (tertiary/aromatic N) is 2. The number of hydrazine groups is 1. The SMILES string of the molecule is O=C(CN(C(=O)c1ccc(Cl)c(Cl)c1)N1C(=O)[C@@H]2[C@H]3C[C@@H]([C@H](Br)[C@@H]3Br)[C@@H]2C1=O)c1ccc(Br)cc1. The largest absolute Gasteiger partial charge is 0.292 e. The van der Waals surface area contributed by atoms with Crippen molar-refractivity contribution in [1.82, 2.24) is 10.0 Å². The monoisotopic (exact) mass is 704 g/mol. The molecule has 0 spiro atoms. The van der Waals surface area contributed by atoms with E-state index in [0.29, 0.717) is 5.56 Å². The molecule has 6 nitrogen and oxygen atoms in total. The number of imide groups is 1. The summed E-state index contributed by atoms with van der Waals surface area (Å²) in [4.78, 5) is 54.1. The topological polar surface area (TPSA) is 74.8 Å². The molecule has 11 heteroatoms. The highest BCUT2D eigenvalue weighted by Crippen LogP contribution is 2.60. The molecule has 1 heterocycles. The summed E-state index contributed by atoms with van der Waals surface area (Å²) in [5, 5.41) is 2.25. The van der Waals surface area contributed by atoms with E-state index in [-0.39, 0.29) is 37.1 Å². The molecule has 1 saturated heterocycles. The Labute approximate surface area is 236 Å². The predicted octanol–water partition coefficient (Wildman–Crippen LogP) is 5.77. The van der Waals surface area contributed by atoms with Crippen molar-refractivity contribution in [3.05, 3.63) is 68.1 Å². The van der Waals surface area contributed by atoms with E-state index in [2.05, 4.69) is 47.8 Å². The van der Waals surface area contributed by atoms with Gasteiger partial charge in [-0.1, -0.05) is 83.1 Å². The molecule has 3 aliphatic rings. The standard InChI is InChI=1S/C24H17Br3Cl2N2O4/c25-12-4-1-10(2-5-12)17(32)9-30(22(33)11-3-6-15(28)16(29)7-11)31-23(34)18-13-8-14(19(18)24(31)35)21(27)20(13)26/h1-7,13-14,18-21H,8-9H2/t13-,14-,18-,19+,20-,21+/m1/s1. The molecule has 182 valence electrons. The lowest BCUT2D eigenvalue weighted by atomic mass is 9.81. The molecular formula is C24H17Br3Cl2N2O4. The molecule has 2 aromatic rings. The van der Waals surface area contributed by atoms with Crippen LogP contribution in [-0.2, 0) is 9.59 Å². The number of carbonyl (C=O) groups excluding carboxylic acids is 4. The lowest BCUT2D eigenvalue weighted by Gasteiger charge is -2.31. The van der Waals surface area contributed by atoms with Gasteiger partial charge in [-0.25, -0.2) is 5.01 Å². The Hall–Kier alpha value is -1.26. The van der Waals surface area contributed by atoms with Crippen LogP contribution in [0, 0.1) is 23.7 Å². The third kappa shape index (κ3) is 4.21. The molecule has 2 saturated carbocycles. The van der Waals surface area contributed by atoms with Crippen LogP contribution >= 0.6 is 71.0 Å². The van der Waals surface area contributed by atoms with Crippen LogP contribution in [0.25, 0.3) is 0 Å². The van der Waals surface area contributed by atoms with Crippen LogP contribution in [0.1, 0.15) is 27.1 Å². The number of alkyl halides is 2. The van der Waals surface area contributed by atoms with Crippen molar-refractivity contribution in [3.8, 4) is 0 Å². The van der Waals surface area contributed by atoms with Crippen LogP contribution < -0.4 is 0 Å². The van der Waals surface area contributed by atoms with Crippen molar-refractivity contribution in [1.29, 1.82) is 0 Å². The van der Waals surface area contributed by atoms with E-state index in [1.807, 2.05) is 0 Å². The Bertz CT molecular complexity index is 1230. The smallest absolute Gasteiger partial charge is 0.273 e. The Morgan fingerprint density at radius 1 is 0.886 bits per heavy atom. The van der Waals surface area contributed by atoms with E-state index in [1.165, 1.54) is 18.2 Å². The van der Waals surface area contributed by atoms with Gasteiger partial charge in [0.2, 0.25) is 0 Å². The van der Waals surface area contributed by atoms with Crippen LogP contribution in [0.2, 0.25) is 10.0 Å². The first-order valence-electron chi connectivity index (χ1n) is 10.8. The maximum absolute atomic E-state index is 13.6. The number of hydrogen-bond donors (Lipinski definition) is 0. The minimum atomic E-state index is -0.686. The van der Waals surface area contributed by atoms with Gasteiger partial charge in [-0.2, -0.15) is 5.01 Å². The number of rotatable bonds is 5. The molecule has 35 heavy (non-hydrogen) atoms. The molecular weight excluding hydrogens is 691 g/mol. The maximum Gasteiger partial charge on any atom is 0.273 e. The highest BCUT2D eigenvalue weighted by atomic mass is 79.9. The fourth-order valence-electron chi connectivity index (χ4n) is 5.45.